The number of hydrogen-bond acceptors (Lipinski definition) is 3. The third-order valence-corrected chi connectivity index (χ3v) is 5.52. The summed E-state index contributed by atoms with van der Waals surface area (Å²) in [5.41, 5.74) is 4.18. The quantitative estimate of drug-likeness (QED) is 0.828. The van der Waals surface area contributed by atoms with Crippen LogP contribution in [0.25, 0.3) is 0 Å². The molecule has 2 heterocycles. The van der Waals surface area contributed by atoms with Gasteiger partial charge in [0.25, 0.3) is 0 Å². The molecule has 126 valence electrons. The van der Waals surface area contributed by atoms with E-state index in [4.69, 9.17) is 11.6 Å². The van der Waals surface area contributed by atoms with E-state index < -0.39 is 0 Å². The highest BCUT2D eigenvalue weighted by molar-refractivity contribution is 6.30. The number of para-hydroxylation sites is 1. The number of hydrogen-bond donors (Lipinski definition) is 0. The summed E-state index contributed by atoms with van der Waals surface area (Å²) in [6, 6.07) is 17.7. The van der Waals surface area contributed by atoms with Gasteiger partial charge in [-0.1, -0.05) is 41.9 Å². The smallest absolute Gasteiger partial charge is 0.0409 e. The normalized spacial score (nSPS) is 21.9. The molecule has 0 bridgehead atoms. The summed E-state index contributed by atoms with van der Waals surface area (Å²) in [6.45, 7) is 6.57. The average molecular weight is 342 g/mol. The van der Waals surface area contributed by atoms with Gasteiger partial charge in [0, 0.05) is 63.1 Å². The van der Waals surface area contributed by atoms with Crippen LogP contribution >= 0.6 is 11.6 Å². The van der Waals surface area contributed by atoms with Crippen molar-refractivity contribution < 1.29 is 0 Å². The van der Waals surface area contributed by atoms with E-state index in [0.717, 1.165) is 44.3 Å². The predicted molar refractivity (Wildman–Crippen MR) is 101 cm³/mol. The molecule has 1 atom stereocenters. The number of anilines is 1. The summed E-state index contributed by atoms with van der Waals surface area (Å²) in [6.07, 6.45) is 0. The van der Waals surface area contributed by atoms with Crippen LogP contribution in [0.5, 0.6) is 0 Å². The van der Waals surface area contributed by atoms with Crippen molar-refractivity contribution in [3.63, 3.8) is 0 Å². The Kier molecular flexibility index (Phi) is 4.49. The molecule has 0 spiro atoms. The molecule has 24 heavy (non-hydrogen) atoms. The molecule has 2 aliphatic heterocycles. The van der Waals surface area contributed by atoms with Gasteiger partial charge in [0.15, 0.2) is 0 Å². The molecule has 1 fully saturated rings. The van der Waals surface area contributed by atoms with Crippen LogP contribution in [0.4, 0.5) is 5.69 Å². The monoisotopic (exact) mass is 341 g/mol. The third-order valence-electron chi connectivity index (χ3n) is 5.27. The summed E-state index contributed by atoms with van der Waals surface area (Å²) < 4.78 is 0. The lowest BCUT2D eigenvalue weighted by molar-refractivity contribution is 0.0705. The Morgan fingerprint density at radius 3 is 2.62 bits per heavy atom. The van der Waals surface area contributed by atoms with Crippen molar-refractivity contribution >= 4 is 17.3 Å². The zero-order valence-corrected chi connectivity index (χ0v) is 14.9. The maximum Gasteiger partial charge on any atom is 0.0409 e. The number of piperazine rings is 1. The zero-order chi connectivity index (χ0) is 16.5. The Morgan fingerprint density at radius 1 is 1.00 bits per heavy atom. The second kappa shape index (κ2) is 6.75. The van der Waals surface area contributed by atoms with Crippen LogP contribution in [-0.4, -0.2) is 49.1 Å². The second-order valence-electron chi connectivity index (χ2n) is 7.00. The molecule has 0 amide bonds. The van der Waals surface area contributed by atoms with Gasteiger partial charge in [-0.25, -0.2) is 0 Å². The maximum absolute atomic E-state index is 6.00. The maximum atomic E-state index is 6.00. The van der Waals surface area contributed by atoms with Gasteiger partial charge in [0.05, 0.1) is 0 Å². The van der Waals surface area contributed by atoms with Gasteiger partial charge in [0.2, 0.25) is 0 Å². The third kappa shape index (κ3) is 3.30. The Morgan fingerprint density at radius 2 is 1.79 bits per heavy atom. The molecular weight excluding hydrogens is 318 g/mol. The molecule has 4 heteroatoms. The lowest BCUT2D eigenvalue weighted by atomic mass is 10.1. The minimum Gasteiger partial charge on any atom is -0.373 e. The van der Waals surface area contributed by atoms with Crippen LogP contribution < -0.4 is 4.90 Å². The van der Waals surface area contributed by atoms with Crippen molar-refractivity contribution in [1.82, 2.24) is 9.80 Å². The van der Waals surface area contributed by atoms with Gasteiger partial charge >= 0.3 is 0 Å². The van der Waals surface area contributed by atoms with Crippen LogP contribution in [0.15, 0.2) is 48.5 Å². The number of rotatable bonds is 2. The van der Waals surface area contributed by atoms with Gasteiger partial charge in [0.1, 0.15) is 0 Å². The molecule has 2 aromatic carbocycles. The first-order valence-corrected chi connectivity index (χ1v) is 9.07. The Hall–Kier alpha value is -1.55. The van der Waals surface area contributed by atoms with E-state index >= 15 is 0 Å². The molecule has 1 unspecified atom stereocenters. The number of nitrogens with zero attached hydrogens (tertiary/aromatic N) is 3. The minimum atomic E-state index is 0.587. The van der Waals surface area contributed by atoms with E-state index in [0.29, 0.717) is 6.04 Å². The molecule has 0 aliphatic carbocycles. The van der Waals surface area contributed by atoms with Gasteiger partial charge in [-0.3, -0.25) is 9.80 Å². The van der Waals surface area contributed by atoms with Crippen molar-refractivity contribution in [3.05, 3.63) is 64.7 Å². The van der Waals surface area contributed by atoms with E-state index in [9.17, 15) is 0 Å². The summed E-state index contributed by atoms with van der Waals surface area (Å²) in [5.74, 6) is 0. The van der Waals surface area contributed by atoms with E-state index in [2.05, 4.69) is 58.1 Å². The molecular formula is C20H24ClN3. The van der Waals surface area contributed by atoms with E-state index in [1.807, 2.05) is 12.1 Å². The van der Waals surface area contributed by atoms with Gasteiger partial charge in [-0.15, -0.1) is 0 Å². The van der Waals surface area contributed by atoms with Crippen molar-refractivity contribution in [1.29, 1.82) is 0 Å². The highest BCUT2D eigenvalue weighted by Crippen LogP contribution is 2.28. The SMILES string of the molecule is CN1CC2CN(Cc3ccc(Cl)cc3)CCN2Cc2ccccc21. The van der Waals surface area contributed by atoms with Crippen LogP contribution in [0.1, 0.15) is 11.1 Å². The minimum absolute atomic E-state index is 0.587. The Bertz CT molecular complexity index is 700. The highest BCUT2D eigenvalue weighted by atomic mass is 35.5. The summed E-state index contributed by atoms with van der Waals surface area (Å²) in [7, 11) is 2.22. The molecule has 2 aliphatic rings. The van der Waals surface area contributed by atoms with Crippen LogP contribution in [-0.2, 0) is 13.1 Å². The number of likely N-dealkylation sites (N-methyl/N-ethyl adjacent to an activating group) is 1. The van der Waals surface area contributed by atoms with Crippen molar-refractivity contribution in [3.8, 4) is 0 Å². The molecule has 4 rings (SSSR count). The first-order chi connectivity index (χ1) is 11.7. The topological polar surface area (TPSA) is 9.72 Å². The lowest BCUT2D eigenvalue weighted by Crippen LogP contribution is -2.54. The molecule has 0 radical (unpaired) electrons. The standard InChI is InChI=1S/C20H24ClN3/c1-22-14-19-15-23(12-16-6-8-18(21)9-7-16)10-11-24(19)13-17-4-2-3-5-20(17)22/h2-9,19H,10-15H2,1H3. The highest BCUT2D eigenvalue weighted by Gasteiger charge is 2.31. The molecule has 2 aromatic rings. The first kappa shape index (κ1) is 15.9. The summed E-state index contributed by atoms with van der Waals surface area (Å²) >= 11 is 6.00. The van der Waals surface area contributed by atoms with Gasteiger partial charge in [-0.05, 0) is 29.3 Å². The Labute approximate surface area is 149 Å². The van der Waals surface area contributed by atoms with Gasteiger partial charge < -0.3 is 4.90 Å². The number of fused-ring (bicyclic) bond motifs is 2. The fraction of sp³-hybridized carbons (Fsp3) is 0.400. The fourth-order valence-electron chi connectivity index (χ4n) is 3.98. The molecule has 0 N–H and O–H groups in total. The first-order valence-electron chi connectivity index (χ1n) is 8.69. The fourth-order valence-corrected chi connectivity index (χ4v) is 4.11. The lowest BCUT2D eigenvalue weighted by Gasteiger charge is -2.41. The van der Waals surface area contributed by atoms with E-state index in [-0.39, 0.29) is 0 Å². The molecule has 3 nitrogen and oxygen atoms in total. The Balaban J connectivity index is 1.46. The number of halogens is 1. The van der Waals surface area contributed by atoms with E-state index in [1.165, 1.54) is 16.8 Å². The summed E-state index contributed by atoms with van der Waals surface area (Å²) in [4.78, 5) is 7.65. The average Bonchev–Trinajstić information content (AvgIpc) is 2.73. The van der Waals surface area contributed by atoms with Crippen LogP contribution in [0, 0.1) is 0 Å². The van der Waals surface area contributed by atoms with Crippen LogP contribution in [0.3, 0.4) is 0 Å². The number of benzene rings is 2. The van der Waals surface area contributed by atoms with Crippen molar-refractivity contribution in [2.75, 3.05) is 38.1 Å². The predicted octanol–water partition coefficient (Wildman–Crippen LogP) is 3.48. The molecule has 0 saturated carbocycles. The summed E-state index contributed by atoms with van der Waals surface area (Å²) in [5, 5.41) is 0.812. The molecule has 0 aromatic heterocycles. The van der Waals surface area contributed by atoms with Crippen molar-refractivity contribution in [2.24, 2.45) is 0 Å². The zero-order valence-electron chi connectivity index (χ0n) is 14.2. The van der Waals surface area contributed by atoms with Gasteiger partial charge in [-0.2, -0.15) is 0 Å². The van der Waals surface area contributed by atoms with Crippen molar-refractivity contribution in [2.45, 2.75) is 19.1 Å². The largest absolute Gasteiger partial charge is 0.373 e. The van der Waals surface area contributed by atoms with Crippen LogP contribution in [0.2, 0.25) is 5.02 Å². The second-order valence-corrected chi connectivity index (χ2v) is 7.43. The van der Waals surface area contributed by atoms with E-state index in [1.54, 1.807) is 0 Å². The molecule has 1 saturated heterocycles.